The highest BCUT2D eigenvalue weighted by molar-refractivity contribution is 8.00. The van der Waals surface area contributed by atoms with E-state index < -0.39 is 5.97 Å². The van der Waals surface area contributed by atoms with E-state index in [1.54, 1.807) is 0 Å². The second-order valence-electron chi connectivity index (χ2n) is 4.20. The number of thioether (sulfide) groups is 1. The van der Waals surface area contributed by atoms with Gasteiger partial charge in [0.1, 0.15) is 5.25 Å². The van der Waals surface area contributed by atoms with Gasteiger partial charge in [-0.25, -0.2) is 0 Å². The van der Waals surface area contributed by atoms with Crippen molar-refractivity contribution in [3.63, 3.8) is 0 Å². The van der Waals surface area contributed by atoms with Gasteiger partial charge in [0, 0.05) is 10.9 Å². The van der Waals surface area contributed by atoms with Gasteiger partial charge >= 0.3 is 5.97 Å². The molecule has 0 saturated heterocycles. The highest BCUT2D eigenvalue weighted by atomic mass is 32.2. The molecular weight excluding hydrogens is 246 g/mol. The largest absolute Gasteiger partial charge is 0.480 e. The van der Waals surface area contributed by atoms with Gasteiger partial charge in [-0.3, -0.25) is 4.79 Å². The molecule has 0 aromatic heterocycles. The molecule has 1 aromatic rings. The Hall–Kier alpha value is -1.00. The topological polar surface area (TPSA) is 49.3 Å². The standard InChI is InChI=1S/C14H21NO2S/c1-4-13(14(16)17)18-12-8-6-11(7-9-12)10(3)15-5-2/h6-10,13,15H,4-5H2,1-3H3,(H,16,17). The number of hydrogen-bond donors (Lipinski definition) is 2. The Kier molecular flexibility index (Phi) is 6.22. The molecule has 0 amide bonds. The van der Waals surface area contributed by atoms with Gasteiger partial charge in [0.15, 0.2) is 0 Å². The number of carboxylic acids is 1. The highest BCUT2D eigenvalue weighted by Gasteiger charge is 2.16. The second kappa shape index (κ2) is 7.44. The van der Waals surface area contributed by atoms with Gasteiger partial charge in [-0.1, -0.05) is 26.0 Å². The minimum absolute atomic E-state index is 0.329. The number of rotatable bonds is 7. The van der Waals surface area contributed by atoms with E-state index in [4.69, 9.17) is 5.11 Å². The van der Waals surface area contributed by atoms with E-state index in [0.29, 0.717) is 12.5 Å². The van der Waals surface area contributed by atoms with Crippen molar-refractivity contribution < 1.29 is 9.90 Å². The molecule has 18 heavy (non-hydrogen) atoms. The third-order valence-electron chi connectivity index (χ3n) is 2.81. The molecule has 0 heterocycles. The van der Waals surface area contributed by atoms with Crippen LogP contribution in [0.2, 0.25) is 0 Å². The normalized spacial score (nSPS) is 14.2. The Morgan fingerprint density at radius 2 is 1.94 bits per heavy atom. The maximum Gasteiger partial charge on any atom is 0.316 e. The molecular formula is C14H21NO2S. The average molecular weight is 267 g/mol. The monoisotopic (exact) mass is 267 g/mol. The van der Waals surface area contributed by atoms with Gasteiger partial charge in [-0.2, -0.15) is 0 Å². The van der Waals surface area contributed by atoms with E-state index in [1.165, 1.54) is 17.3 Å². The molecule has 100 valence electrons. The van der Waals surface area contributed by atoms with Crippen LogP contribution in [-0.2, 0) is 4.79 Å². The molecule has 0 bridgehead atoms. The average Bonchev–Trinajstić information content (AvgIpc) is 2.36. The SMILES string of the molecule is CCNC(C)c1ccc(SC(CC)C(=O)O)cc1. The van der Waals surface area contributed by atoms with E-state index in [0.717, 1.165) is 11.4 Å². The van der Waals surface area contributed by atoms with Crippen LogP contribution in [0.4, 0.5) is 0 Å². The van der Waals surface area contributed by atoms with Crippen LogP contribution in [-0.4, -0.2) is 22.9 Å². The first-order valence-electron chi connectivity index (χ1n) is 6.31. The van der Waals surface area contributed by atoms with Crippen molar-refractivity contribution in [2.45, 2.75) is 43.4 Å². The molecule has 2 atom stereocenters. The lowest BCUT2D eigenvalue weighted by atomic mass is 10.1. The third-order valence-corrected chi connectivity index (χ3v) is 4.18. The molecule has 0 spiro atoms. The summed E-state index contributed by atoms with van der Waals surface area (Å²) < 4.78 is 0. The van der Waals surface area contributed by atoms with Crippen molar-refractivity contribution >= 4 is 17.7 Å². The molecule has 3 nitrogen and oxygen atoms in total. The second-order valence-corrected chi connectivity index (χ2v) is 5.48. The Labute approximate surface area is 113 Å². The fourth-order valence-corrected chi connectivity index (χ4v) is 2.62. The van der Waals surface area contributed by atoms with E-state index >= 15 is 0 Å². The summed E-state index contributed by atoms with van der Waals surface area (Å²) >= 11 is 1.41. The molecule has 0 aliphatic rings. The summed E-state index contributed by atoms with van der Waals surface area (Å²) in [6.45, 7) is 7.04. The quantitative estimate of drug-likeness (QED) is 0.744. The zero-order valence-electron chi connectivity index (χ0n) is 11.1. The van der Waals surface area contributed by atoms with E-state index in [-0.39, 0.29) is 5.25 Å². The van der Waals surface area contributed by atoms with E-state index in [1.807, 2.05) is 19.1 Å². The molecule has 0 aliphatic carbocycles. The van der Waals surface area contributed by atoms with Gasteiger partial charge in [-0.15, -0.1) is 11.8 Å². The van der Waals surface area contributed by atoms with Crippen LogP contribution in [0.15, 0.2) is 29.2 Å². The fourth-order valence-electron chi connectivity index (χ4n) is 1.73. The Morgan fingerprint density at radius 3 is 2.39 bits per heavy atom. The summed E-state index contributed by atoms with van der Waals surface area (Å²) in [7, 11) is 0. The van der Waals surface area contributed by atoms with Crippen molar-refractivity contribution in [1.82, 2.24) is 5.32 Å². The van der Waals surface area contributed by atoms with Crippen molar-refractivity contribution in [2.75, 3.05) is 6.54 Å². The summed E-state index contributed by atoms with van der Waals surface area (Å²) in [6, 6.07) is 8.45. The van der Waals surface area contributed by atoms with E-state index in [2.05, 4.69) is 31.3 Å². The predicted octanol–water partition coefficient (Wildman–Crippen LogP) is 3.31. The Balaban J connectivity index is 2.67. The summed E-state index contributed by atoms with van der Waals surface area (Å²) in [4.78, 5) is 12.0. The molecule has 2 N–H and O–H groups in total. The summed E-state index contributed by atoms with van der Waals surface area (Å²) in [5.41, 5.74) is 1.23. The number of hydrogen-bond acceptors (Lipinski definition) is 3. The van der Waals surface area contributed by atoms with Crippen molar-refractivity contribution in [2.24, 2.45) is 0 Å². The van der Waals surface area contributed by atoms with Crippen LogP contribution in [0.3, 0.4) is 0 Å². The number of aliphatic carboxylic acids is 1. The maximum atomic E-state index is 11.0. The minimum Gasteiger partial charge on any atom is -0.480 e. The van der Waals surface area contributed by atoms with Gasteiger partial charge < -0.3 is 10.4 Å². The molecule has 4 heteroatoms. The van der Waals surface area contributed by atoms with Crippen LogP contribution in [0.5, 0.6) is 0 Å². The lowest BCUT2D eigenvalue weighted by Gasteiger charge is -2.14. The minimum atomic E-state index is -0.743. The zero-order valence-corrected chi connectivity index (χ0v) is 12.0. The maximum absolute atomic E-state index is 11.0. The molecule has 1 rings (SSSR count). The number of carbonyl (C=O) groups is 1. The fraction of sp³-hybridized carbons (Fsp3) is 0.500. The van der Waals surface area contributed by atoms with Gasteiger partial charge in [0.05, 0.1) is 0 Å². The van der Waals surface area contributed by atoms with E-state index in [9.17, 15) is 4.79 Å². The third kappa shape index (κ3) is 4.35. The van der Waals surface area contributed by atoms with Crippen molar-refractivity contribution in [3.05, 3.63) is 29.8 Å². The van der Waals surface area contributed by atoms with Gasteiger partial charge in [0.2, 0.25) is 0 Å². The van der Waals surface area contributed by atoms with Crippen LogP contribution in [0, 0.1) is 0 Å². The smallest absolute Gasteiger partial charge is 0.316 e. The number of carboxylic acid groups (broad SMARTS) is 1. The molecule has 0 aliphatic heterocycles. The lowest BCUT2D eigenvalue weighted by Crippen LogP contribution is -2.17. The molecule has 0 saturated carbocycles. The Morgan fingerprint density at radius 1 is 1.33 bits per heavy atom. The highest BCUT2D eigenvalue weighted by Crippen LogP contribution is 2.26. The first-order valence-corrected chi connectivity index (χ1v) is 7.19. The van der Waals surface area contributed by atoms with Crippen LogP contribution >= 0.6 is 11.8 Å². The van der Waals surface area contributed by atoms with Crippen molar-refractivity contribution in [3.8, 4) is 0 Å². The zero-order chi connectivity index (χ0) is 13.5. The summed E-state index contributed by atoms with van der Waals surface area (Å²) in [6.07, 6.45) is 0.634. The van der Waals surface area contributed by atoms with Gasteiger partial charge in [-0.05, 0) is 37.6 Å². The summed E-state index contributed by atoms with van der Waals surface area (Å²) in [5.74, 6) is -0.743. The lowest BCUT2D eigenvalue weighted by molar-refractivity contribution is -0.136. The van der Waals surface area contributed by atoms with Gasteiger partial charge in [0.25, 0.3) is 0 Å². The molecule has 2 unspecified atom stereocenters. The molecule has 1 aromatic carbocycles. The van der Waals surface area contributed by atoms with Crippen LogP contribution in [0.1, 0.15) is 38.8 Å². The van der Waals surface area contributed by atoms with Crippen LogP contribution in [0.25, 0.3) is 0 Å². The number of benzene rings is 1. The summed E-state index contributed by atoms with van der Waals surface area (Å²) in [5, 5.41) is 12.0. The first-order chi connectivity index (χ1) is 8.58. The Bertz CT molecular complexity index is 378. The van der Waals surface area contributed by atoms with Crippen LogP contribution < -0.4 is 5.32 Å². The molecule has 0 fully saturated rings. The predicted molar refractivity (Wildman–Crippen MR) is 76.1 cm³/mol. The van der Waals surface area contributed by atoms with Crippen molar-refractivity contribution in [1.29, 1.82) is 0 Å². The number of nitrogens with one attached hydrogen (secondary N) is 1. The first kappa shape index (κ1) is 15.1. The molecule has 0 radical (unpaired) electrons.